The number of hydrogen-bond donors (Lipinski definition) is 3. The lowest BCUT2D eigenvalue weighted by Crippen LogP contribution is -2.51. The molecule has 3 heterocycles. The third-order valence-electron chi connectivity index (χ3n) is 7.17. The minimum Gasteiger partial charge on any atom is -0.393 e. The van der Waals surface area contributed by atoms with Crippen LogP contribution >= 0.6 is 0 Å². The smallest absolute Gasteiger partial charge is 0.159 e. The monoisotopic (exact) mass is 452 g/mol. The Bertz CT molecular complexity index is 1440. The van der Waals surface area contributed by atoms with Gasteiger partial charge in [0.1, 0.15) is 0 Å². The van der Waals surface area contributed by atoms with Crippen LogP contribution in [-0.2, 0) is 11.1 Å². The van der Waals surface area contributed by atoms with Crippen molar-refractivity contribution in [2.24, 2.45) is 11.7 Å². The Morgan fingerprint density at radius 1 is 1.09 bits per heavy atom. The Hall–Kier alpha value is -3.64. The summed E-state index contributed by atoms with van der Waals surface area (Å²) in [5, 5.41) is 35.6. The highest BCUT2D eigenvalue weighted by Crippen LogP contribution is 2.46. The predicted octanol–water partition coefficient (Wildman–Crippen LogP) is 2.91. The molecule has 4 aromatic rings. The van der Waals surface area contributed by atoms with Crippen molar-refractivity contribution >= 4 is 10.9 Å². The van der Waals surface area contributed by atoms with Gasteiger partial charge in [0, 0.05) is 16.9 Å². The Labute approximate surface area is 196 Å². The van der Waals surface area contributed by atoms with Gasteiger partial charge in [0.2, 0.25) is 0 Å². The molecular weight excluding hydrogens is 428 g/mol. The second kappa shape index (κ2) is 7.43. The van der Waals surface area contributed by atoms with Gasteiger partial charge in [-0.25, -0.2) is 14.6 Å². The SMILES string of the molecule is N#CC1(c2cccc(-n3ncc4ccc(-c5cccc(C(N)(O)C6CC(O)C6)n5)cc43)n2)CC1. The summed E-state index contributed by atoms with van der Waals surface area (Å²) in [5.74, 6) is 0.434. The largest absolute Gasteiger partial charge is 0.393 e. The molecule has 4 N–H and O–H groups in total. The molecule has 2 fully saturated rings. The normalized spacial score (nSPS) is 22.5. The zero-order valence-corrected chi connectivity index (χ0v) is 18.5. The number of benzene rings is 1. The molecule has 2 saturated carbocycles. The maximum atomic E-state index is 10.9. The van der Waals surface area contributed by atoms with Gasteiger partial charge in [0.15, 0.2) is 11.5 Å². The summed E-state index contributed by atoms with van der Waals surface area (Å²) < 4.78 is 1.77. The molecule has 0 radical (unpaired) electrons. The zero-order chi connectivity index (χ0) is 23.5. The van der Waals surface area contributed by atoms with Gasteiger partial charge in [-0.05, 0) is 56.0 Å². The highest BCUT2D eigenvalue weighted by atomic mass is 16.3. The van der Waals surface area contributed by atoms with Gasteiger partial charge in [-0.1, -0.05) is 24.3 Å². The molecule has 0 aliphatic heterocycles. The van der Waals surface area contributed by atoms with E-state index in [-0.39, 0.29) is 5.92 Å². The fourth-order valence-electron chi connectivity index (χ4n) is 4.69. The molecule has 2 aliphatic carbocycles. The van der Waals surface area contributed by atoms with Crippen molar-refractivity contribution in [1.82, 2.24) is 19.7 Å². The lowest BCUT2D eigenvalue weighted by atomic mass is 9.74. The topological polar surface area (TPSA) is 134 Å². The number of fused-ring (bicyclic) bond motifs is 1. The minimum absolute atomic E-state index is 0.226. The van der Waals surface area contributed by atoms with Crippen LogP contribution in [0.1, 0.15) is 37.1 Å². The van der Waals surface area contributed by atoms with E-state index in [0.717, 1.165) is 35.0 Å². The quantitative estimate of drug-likeness (QED) is 0.396. The van der Waals surface area contributed by atoms with Gasteiger partial charge in [-0.3, -0.25) is 5.73 Å². The van der Waals surface area contributed by atoms with E-state index in [0.29, 0.717) is 30.0 Å². The van der Waals surface area contributed by atoms with Crippen molar-refractivity contribution in [2.45, 2.75) is 42.9 Å². The first-order chi connectivity index (χ1) is 16.4. The molecule has 0 amide bonds. The van der Waals surface area contributed by atoms with Gasteiger partial charge < -0.3 is 10.2 Å². The van der Waals surface area contributed by atoms with Gasteiger partial charge in [0.25, 0.3) is 0 Å². The van der Waals surface area contributed by atoms with E-state index in [1.54, 1.807) is 16.9 Å². The standard InChI is InChI=1S/C26H24N6O2/c27-15-25(9-10-25)22-4-2-6-24(31-22)32-21-11-16(7-8-17(21)14-29-32)20-3-1-5-23(30-20)26(28,34)18-12-19(33)13-18/h1-8,11,14,18-19,33-34H,9-10,12-13,28H2. The van der Waals surface area contributed by atoms with E-state index in [2.05, 4.69) is 16.2 Å². The molecule has 0 spiro atoms. The van der Waals surface area contributed by atoms with E-state index >= 15 is 0 Å². The predicted molar refractivity (Wildman–Crippen MR) is 125 cm³/mol. The zero-order valence-electron chi connectivity index (χ0n) is 18.5. The van der Waals surface area contributed by atoms with Crippen LogP contribution in [-0.4, -0.2) is 36.1 Å². The third kappa shape index (κ3) is 3.29. The highest BCUT2D eigenvalue weighted by Gasteiger charge is 2.46. The van der Waals surface area contributed by atoms with Crippen molar-refractivity contribution in [1.29, 1.82) is 5.26 Å². The number of nitrogens with two attached hydrogens (primary N) is 1. The van der Waals surface area contributed by atoms with Crippen LogP contribution in [0.4, 0.5) is 0 Å². The number of aliphatic hydroxyl groups is 2. The molecule has 0 saturated heterocycles. The van der Waals surface area contributed by atoms with Crippen LogP contribution in [0.5, 0.6) is 0 Å². The summed E-state index contributed by atoms with van der Waals surface area (Å²) in [6.45, 7) is 0. The van der Waals surface area contributed by atoms with E-state index in [1.807, 2.05) is 48.5 Å². The van der Waals surface area contributed by atoms with Crippen molar-refractivity contribution < 1.29 is 10.2 Å². The Balaban J connectivity index is 1.38. The van der Waals surface area contributed by atoms with Crippen molar-refractivity contribution in [3.05, 3.63) is 72.2 Å². The van der Waals surface area contributed by atoms with Crippen LogP contribution < -0.4 is 5.73 Å². The van der Waals surface area contributed by atoms with Crippen LogP contribution in [0.3, 0.4) is 0 Å². The van der Waals surface area contributed by atoms with Gasteiger partial charge >= 0.3 is 0 Å². The number of aromatic nitrogens is 4. The molecule has 6 rings (SSSR count). The lowest BCUT2D eigenvalue weighted by Gasteiger charge is -2.41. The second-order valence-electron chi connectivity index (χ2n) is 9.46. The average molecular weight is 453 g/mol. The third-order valence-corrected chi connectivity index (χ3v) is 7.17. The first-order valence-electron chi connectivity index (χ1n) is 11.4. The first kappa shape index (κ1) is 20.9. The van der Waals surface area contributed by atoms with E-state index in [9.17, 15) is 15.5 Å². The van der Waals surface area contributed by atoms with Crippen LogP contribution in [0, 0.1) is 17.2 Å². The molecule has 34 heavy (non-hydrogen) atoms. The van der Waals surface area contributed by atoms with E-state index in [4.69, 9.17) is 10.7 Å². The van der Waals surface area contributed by atoms with Crippen LogP contribution in [0.25, 0.3) is 28.0 Å². The van der Waals surface area contributed by atoms with Crippen LogP contribution in [0.2, 0.25) is 0 Å². The summed E-state index contributed by atoms with van der Waals surface area (Å²) in [5.41, 5.74) is 7.73. The molecule has 0 bridgehead atoms. The molecule has 8 heteroatoms. The summed E-state index contributed by atoms with van der Waals surface area (Å²) >= 11 is 0. The van der Waals surface area contributed by atoms with E-state index in [1.165, 1.54) is 0 Å². The number of nitrogens with zero attached hydrogens (tertiary/aromatic N) is 5. The maximum absolute atomic E-state index is 10.9. The summed E-state index contributed by atoms with van der Waals surface area (Å²) in [6.07, 6.45) is 3.96. The molecule has 170 valence electrons. The molecular formula is C26H24N6O2. The molecule has 1 aromatic carbocycles. The molecule has 1 atom stereocenters. The molecule has 8 nitrogen and oxygen atoms in total. The Kier molecular flexibility index (Phi) is 4.58. The fourth-order valence-corrected chi connectivity index (χ4v) is 4.69. The van der Waals surface area contributed by atoms with Crippen molar-refractivity contribution in [3.63, 3.8) is 0 Å². The number of nitriles is 1. The summed E-state index contributed by atoms with van der Waals surface area (Å²) in [4.78, 5) is 9.42. The van der Waals surface area contributed by atoms with Gasteiger partial charge in [0.05, 0.1) is 46.4 Å². The summed E-state index contributed by atoms with van der Waals surface area (Å²) in [6, 6.07) is 19.4. The minimum atomic E-state index is -1.59. The first-order valence-corrected chi connectivity index (χ1v) is 11.4. The molecule has 3 aromatic heterocycles. The molecule has 2 aliphatic rings. The average Bonchev–Trinajstić information content (AvgIpc) is 3.54. The van der Waals surface area contributed by atoms with Crippen LogP contribution in [0.15, 0.2) is 60.8 Å². The van der Waals surface area contributed by atoms with Crippen molar-refractivity contribution in [2.75, 3.05) is 0 Å². The Morgan fingerprint density at radius 2 is 1.88 bits per heavy atom. The fraction of sp³-hybridized carbons (Fsp3) is 0.308. The van der Waals surface area contributed by atoms with Gasteiger partial charge in [-0.15, -0.1) is 0 Å². The highest BCUT2D eigenvalue weighted by molar-refractivity contribution is 5.84. The van der Waals surface area contributed by atoms with Crippen molar-refractivity contribution in [3.8, 4) is 23.1 Å². The summed E-state index contributed by atoms with van der Waals surface area (Å²) in [7, 11) is 0. The number of hydrogen-bond acceptors (Lipinski definition) is 7. The van der Waals surface area contributed by atoms with Gasteiger partial charge in [-0.2, -0.15) is 10.4 Å². The lowest BCUT2D eigenvalue weighted by molar-refractivity contribution is -0.102. The number of pyridine rings is 2. The molecule has 1 unspecified atom stereocenters. The second-order valence-corrected chi connectivity index (χ2v) is 9.46. The number of rotatable bonds is 5. The maximum Gasteiger partial charge on any atom is 0.159 e. The Morgan fingerprint density at radius 3 is 2.62 bits per heavy atom. The number of aliphatic hydroxyl groups excluding tert-OH is 1. The van der Waals surface area contributed by atoms with E-state index < -0.39 is 17.2 Å².